The van der Waals surface area contributed by atoms with Gasteiger partial charge in [0.25, 0.3) is 5.91 Å². The van der Waals surface area contributed by atoms with Crippen molar-refractivity contribution in [3.8, 4) is 0 Å². The monoisotopic (exact) mass is 370 g/mol. The third-order valence-corrected chi connectivity index (χ3v) is 5.69. The fraction of sp³-hybridized carbons (Fsp3) is 0.529. The maximum atomic E-state index is 12.4. The smallest absolute Gasteiger partial charge is 0.306 e. The van der Waals surface area contributed by atoms with Gasteiger partial charge in [0.15, 0.2) is 6.61 Å². The van der Waals surface area contributed by atoms with E-state index < -0.39 is 21.9 Å². The van der Waals surface area contributed by atoms with Crippen molar-refractivity contribution in [2.24, 2.45) is 0 Å². The molecule has 0 fully saturated rings. The van der Waals surface area contributed by atoms with E-state index in [9.17, 15) is 18.0 Å². The molecule has 0 aliphatic rings. The van der Waals surface area contributed by atoms with E-state index in [4.69, 9.17) is 4.74 Å². The van der Waals surface area contributed by atoms with E-state index in [-0.39, 0.29) is 17.5 Å². The summed E-state index contributed by atoms with van der Waals surface area (Å²) in [5.41, 5.74) is 0.431. The third-order valence-electron chi connectivity index (χ3n) is 3.64. The second kappa shape index (κ2) is 9.53. The van der Waals surface area contributed by atoms with Crippen LogP contribution in [0.15, 0.2) is 29.2 Å². The van der Waals surface area contributed by atoms with Crippen LogP contribution in [-0.4, -0.2) is 44.3 Å². The van der Waals surface area contributed by atoms with E-state index >= 15 is 0 Å². The summed E-state index contributed by atoms with van der Waals surface area (Å²) in [6.45, 7) is 5.17. The number of hydrogen-bond acceptors (Lipinski definition) is 5. The van der Waals surface area contributed by atoms with Crippen LogP contribution in [0.5, 0.6) is 0 Å². The lowest BCUT2D eigenvalue weighted by Crippen LogP contribution is -2.33. The van der Waals surface area contributed by atoms with E-state index in [2.05, 4.69) is 5.32 Å². The molecule has 8 heteroatoms. The van der Waals surface area contributed by atoms with Gasteiger partial charge in [0.1, 0.15) is 0 Å². The number of carbonyl (C=O) groups excluding carboxylic acids is 2. The van der Waals surface area contributed by atoms with Crippen LogP contribution < -0.4 is 5.32 Å². The molecule has 0 aliphatic carbocycles. The minimum absolute atomic E-state index is 0.146. The molecule has 25 heavy (non-hydrogen) atoms. The molecule has 0 spiro atoms. The first-order valence-corrected chi connectivity index (χ1v) is 9.66. The normalized spacial score (nSPS) is 11.6. The number of hydrogen-bond donors (Lipinski definition) is 1. The van der Waals surface area contributed by atoms with E-state index in [0.717, 1.165) is 12.8 Å². The first kappa shape index (κ1) is 21.1. The number of sulfonamides is 1. The van der Waals surface area contributed by atoms with Crippen molar-refractivity contribution in [1.29, 1.82) is 0 Å². The molecule has 1 N–H and O–H groups in total. The lowest BCUT2D eigenvalue weighted by molar-refractivity contribution is -0.147. The Kier molecular flexibility index (Phi) is 8.05. The van der Waals surface area contributed by atoms with Crippen LogP contribution in [0.3, 0.4) is 0 Å². The number of amides is 1. The molecule has 140 valence electrons. The Morgan fingerprint density at radius 1 is 1.20 bits per heavy atom. The molecular formula is C17H26N2O5S. The average molecular weight is 370 g/mol. The number of esters is 1. The van der Waals surface area contributed by atoms with Crippen LogP contribution in [0, 0.1) is 0 Å². The molecule has 0 aliphatic heterocycles. The zero-order chi connectivity index (χ0) is 19.0. The zero-order valence-corrected chi connectivity index (χ0v) is 15.9. The van der Waals surface area contributed by atoms with E-state index in [1.165, 1.54) is 35.6 Å². The molecule has 0 aromatic heterocycles. The molecule has 1 rings (SSSR count). The topological polar surface area (TPSA) is 92.8 Å². The first-order chi connectivity index (χ1) is 11.7. The fourth-order valence-electron chi connectivity index (χ4n) is 1.89. The van der Waals surface area contributed by atoms with Gasteiger partial charge in [0, 0.05) is 25.2 Å². The van der Waals surface area contributed by atoms with Crippen LogP contribution >= 0.6 is 0 Å². The molecule has 0 bridgehead atoms. The summed E-state index contributed by atoms with van der Waals surface area (Å²) in [5.74, 6) is -0.880. The fourth-order valence-corrected chi connectivity index (χ4v) is 3.26. The molecule has 0 unspecified atom stereocenters. The Labute approximate surface area is 149 Å². The maximum absolute atomic E-state index is 12.4. The van der Waals surface area contributed by atoms with Crippen molar-refractivity contribution in [1.82, 2.24) is 4.31 Å². The standard InChI is InChI=1S/C17H26N2O5S/c1-5-6-7-17(21)24-12-16(20)18-14-8-10-15(11-9-14)25(22,23)19(4)13(2)3/h8-11,13H,5-7,12H2,1-4H3,(H,18,20). The molecule has 0 heterocycles. The van der Waals surface area contributed by atoms with Gasteiger partial charge in [0.2, 0.25) is 10.0 Å². The van der Waals surface area contributed by atoms with E-state index in [1.54, 1.807) is 13.8 Å². The molecular weight excluding hydrogens is 344 g/mol. The van der Waals surface area contributed by atoms with Crippen molar-refractivity contribution in [3.63, 3.8) is 0 Å². The van der Waals surface area contributed by atoms with Gasteiger partial charge in [-0.3, -0.25) is 9.59 Å². The Bertz CT molecular complexity index is 683. The first-order valence-electron chi connectivity index (χ1n) is 8.22. The molecule has 0 saturated heterocycles. The molecule has 1 amide bonds. The SMILES string of the molecule is CCCCC(=O)OCC(=O)Nc1ccc(S(=O)(=O)N(C)C(C)C)cc1. The number of nitrogens with zero attached hydrogens (tertiary/aromatic N) is 1. The lowest BCUT2D eigenvalue weighted by Gasteiger charge is -2.21. The second-order valence-electron chi connectivity index (χ2n) is 5.95. The van der Waals surface area contributed by atoms with Crippen molar-refractivity contribution in [2.45, 2.75) is 51.0 Å². The van der Waals surface area contributed by atoms with Gasteiger partial charge < -0.3 is 10.1 Å². The van der Waals surface area contributed by atoms with Crippen LogP contribution in [0.2, 0.25) is 0 Å². The molecule has 1 aromatic rings. The van der Waals surface area contributed by atoms with Gasteiger partial charge >= 0.3 is 5.97 Å². The quantitative estimate of drug-likeness (QED) is 0.674. The number of ether oxygens (including phenoxy) is 1. The van der Waals surface area contributed by atoms with Gasteiger partial charge in [-0.25, -0.2) is 8.42 Å². The van der Waals surface area contributed by atoms with Crippen LogP contribution in [0.1, 0.15) is 40.0 Å². The van der Waals surface area contributed by atoms with Gasteiger partial charge in [-0.1, -0.05) is 13.3 Å². The highest BCUT2D eigenvalue weighted by molar-refractivity contribution is 7.89. The molecule has 1 aromatic carbocycles. The molecule has 0 saturated carbocycles. The summed E-state index contributed by atoms with van der Waals surface area (Å²) >= 11 is 0. The van der Waals surface area contributed by atoms with Crippen molar-refractivity contribution in [2.75, 3.05) is 19.0 Å². The third kappa shape index (κ3) is 6.47. The number of rotatable bonds is 9. The van der Waals surface area contributed by atoms with Gasteiger partial charge in [-0.05, 0) is 44.5 Å². The summed E-state index contributed by atoms with van der Waals surface area (Å²) in [7, 11) is -2.05. The summed E-state index contributed by atoms with van der Waals surface area (Å²) in [6.07, 6.45) is 1.89. The number of unbranched alkanes of at least 4 members (excludes halogenated alkanes) is 1. The summed E-state index contributed by atoms with van der Waals surface area (Å²) in [4.78, 5) is 23.3. The minimum atomic E-state index is -3.56. The van der Waals surface area contributed by atoms with Crippen LogP contribution in [-0.2, 0) is 24.3 Å². The molecule has 0 atom stereocenters. The van der Waals surface area contributed by atoms with Gasteiger partial charge in [-0.15, -0.1) is 0 Å². The molecule has 0 radical (unpaired) electrons. The number of benzene rings is 1. The Balaban J connectivity index is 2.62. The summed E-state index contributed by atoms with van der Waals surface area (Å²) in [6, 6.07) is 5.69. The number of nitrogens with one attached hydrogen (secondary N) is 1. The highest BCUT2D eigenvalue weighted by atomic mass is 32.2. The predicted octanol–water partition coefficient (Wildman–Crippen LogP) is 2.39. The van der Waals surface area contributed by atoms with Crippen LogP contribution in [0.4, 0.5) is 5.69 Å². The maximum Gasteiger partial charge on any atom is 0.306 e. The van der Waals surface area contributed by atoms with Crippen molar-refractivity contribution < 1.29 is 22.7 Å². The molecule has 7 nitrogen and oxygen atoms in total. The summed E-state index contributed by atoms with van der Waals surface area (Å²) in [5, 5.41) is 2.56. The van der Waals surface area contributed by atoms with Gasteiger partial charge in [0.05, 0.1) is 4.90 Å². The summed E-state index contributed by atoms with van der Waals surface area (Å²) < 4.78 is 30.8. The van der Waals surface area contributed by atoms with E-state index in [1.807, 2.05) is 6.92 Å². The Hall–Kier alpha value is -1.93. The second-order valence-corrected chi connectivity index (χ2v) is 7.95. The van der Waals surface area contributed by atoms with Crippen LogP contribution in [0.25, 0.3) is 0 Å². The predicted molar refractivity (Wildman–Crippen MR) is 95.6 cm³/mol. The number of carbonyl (C=O) groups is 2. The lowest BCUT2D eigenvalue weighted by atomic mass is 10.2. The zero-order valence-electron chi connectivity index (χ0n) is 15.1. The van der Waals surface area contributed by atoms with E-state index in [0.29, 0.717) is 12.1 Å². The average Bonchev–Trinajstić information content (AvgIpc) is 2.57. The van der Waals surface area contributed by atoms with Gasteiger partial charge in [-0.2, -0.15) is 4.31 Å². The minimum Gasteiger partial charge on any atom is -0.456 e. The van der Waals surface area contributed by atoms with Crippen molar-refractivity contribution >= 4 is 27.6 Å². The largest absolute Gasteiger partial charge is 0.456 e. The Morgan fingerprint density at radius 3 is 2.32 bits per heavy atom. The highest BCUT2D eigenvalue weighted by Crippen LogP contribution is 2.19. The highest BCUT2D eigenvalue weighted by Gasteiger charge is 2.22. The number of anilines is 1. The Morgan fingerprint density at radius 2 is 1.80 bits per heavy atom. The van der Waals surface area contributed by atoms with Crippen molar-refractivity contribution in [3.05, 3.63) is 24.3 Å².